The molecule has 2 nitrogen and oxygen atoms in total. The van der Waals surface area contributed by atoms with E-state index in [2.05, 4.69) is 4.85 Å². The van der Waals surface area contributed by atoms with E-state index in [1.54, 1.807) is 19.4 Å². The number of allylic oxidation sites excluding steroid dienone is 1. The first kappa shape index (κ1) is 9.34. The zero-order valence-electron chi connectivity index (χ0n) is 7.74. The maximum atomic E-state index is 6.97. The monoisotopic (exact) mass is 173 g/mol. The van der Waals surface area contributed by atoms with Crippen LogP contribution >= 0.6 is 0 Å². The van der Waals surface area contributed by atoms with Crippen molar-refractivity contribution in [2.75, 3.05) is 7.11 Å². The van der Waals surface area contributed by atoms with E-state index in [0.717, 1.165) is 11.1 Å². The third kappa shape index (κ3) is 2.09. The van der Waals surface area contributed by atoms with Gasteiger partial charge in [-0.2, -0.15) is 0 Å². The Bertz CT molecular complexity index is 361. The molecule has 0 saturated heterocycles. The minimum absolute atomic E-state index is 0.660. The second-order valence-electron chi connectivity index (χ2n) is 2.67. The Balaban J connectivity index is 3.15. The average Bonchev–Trinajstić information content (AvgIpc) is 2.18. The minimum Gasteiger partial charge on any atom is -0.504 e. The molecule has 0 spiro atoms. The molecular formula is C11H11NO. The van der Waals surface area contributed by atoms with Gasteiger partial charge in [0, 0.05) is 0 Å². The molecule has 0 aliphatic heterocycles. The maximum Gasteiger partial charge on any atom is 0.194 e. The lowest BCUT2D eigenvalue weighted by Gasteiger charge is -2.02. The highest BCUT2D eigenvalue weighted by Crippen LogP contribution is 2.25. The first-order valence-electron chi connectivity index (χ1n) is 3.96. The van der Waals surface area contributed by atoms with Gasteiger partial charge in [-0.1, -0.05) is 24.3 Å². The summed E-state index contributed by atoms with van der Waals surface area (Å²) < 4.78 is 4.89. The summed E-state index contributed by atoms with van der Waals surface area (Å²) in [5.41, 5.74) is 2.56. The molecule has 13 heavy (non-hydrogen) atoms. The molecule has 66 valence electrons. The van der Waals surface area contributed by atoms with Gasteiger partial charge >= 0.3 is 0 Å². The Hall–Kier alpha value is -1.75. The third-order valence-corrected chi connectivity index (χ3v) is 1.74. The van der Waals surface area contributed by atoms with Crippen LogP contribution < -0.4 is 0 Å². The highest BCUT2D eigenvalue weighted by atomic mass is 16.5. The molecule has 0 amide bonds. The van der Waals surface area contributed by atoms with E-state index in [-0.39, 0.29) is 0 Å². The second kappa shape index (κ2) is 4.32. The van der Waals surface area contributed by atoms with Crippen LogP contribution in [0.25, 0.3) is 10.4 Å². The summed E-state index contributed by atoms with van der Waals surface area (Å²) in [7, 11) is 1.60. The summed E-state index contributed by atoms with van der Waals surface area (Å²) in [6, 6.07) is 7.49. The van der Waals surface area contributed by atoms with Crippen LogP contribution in [0.3, 0.4) is 0 Å². The minimum atomic E-state index is 0.660. The summed E-state index contributed by atoms with van der Waals surface area (Å²) in [4.78, 5) is 3.43. The lowest BCUT2D eigenvalue weighted by molar-refractivity contribution is 0.339. The van der Waals surface area contributed by atoms with Crippen molar-refractivity contribution in [3.05, 3.63) is 47.5 Å². The Morgan fingerprint density at radius 2 is 2.15 bits per heavy atom. The smallest absolute Gasteiger partial charge is 0.194 e. The molecule has 0 saturated carbocycles. The second-order valence-corrected chi connectivity index (χ2v) is 2.67. The molecule has 0 atom stereocenters. The van der Waals surface area contributed by atoms with Gasteiger partial charge < -0.3 is 4.74 Å². The Morgan fingerprint density at radius 3 is 2.77 bits per heavy atom. The van der Waals surface area contributed by atoms with Gasteiger partial charge in [-0.15, -0.1) is 0 Å². The van der Waals surface area contributed by atoms with Crippen LogP contribution in [-0.4, -0.2) is 7.11 Å². The summed E-state index contributed by atoms with van der Waals surface area (Å²) >= 11 is 0. The van der Waals surface area contributed by atoms with Crippen molar-refractivity contribution in [3.63, 3.8) is 0 Å². The number of hydrogen-bond acceptors (Lipinski definition) is 1. The predicted molar refractivity (Wildman–Crippen MR) is 53.4 cm³/mol. The Kier molecular flexibility index (Phi) is 3.10. The Labute approximate surface area is 78.3 Å². The molecule has 0 aromatic heterocycles. The van der Waals surface area contributed by atoms with Crippen molar-refractivity contribution in [3.8, 4) is 0 Å². The van der Waals surface area contributed by atoms with Crippen LogP contribution in [0.4, 0.5) is 5.69 Å². The summed E-state index contributed by atoms with van der Waals surface area (Å²) in [5.74, 6) is 0. The van der Waals surface area contributed by atoms with Gasteiger partial charge in [0.2, 0.25) is 0 Å². The standard InChI is InChI=1S/C11H11NO/c1-9(8-13-3)10-6-4-5-7-11(10)12-2/h4-8H,1,3H3/b9-8-. The molecular weight excluding hydrogens is 162 g/mol. The van der Waals surface area contributed by atoms with Gasteiger partial charge in [0.15, 0.2) is 5.69 Å². The molecule has 0 unspecified atom stereocenters. The lowest BCUT2D eigenvalue weighted by Crippen LogP contribution is -1.80. The van der Waals surface area contributed by atoms with Crippen LogP contribution in [0, 0.1) is 6.57 Å². The topological polar surface area (TPSA) is 13.6 Å². The third-order valence-electron chi connectivity index (χ3n) is 1.74. The number of hydrogen-bond donors (Lipinski definition) is 0. The summed E-state index contributed by atoms with van der Waals surface area (Å²) in [6.07, 6.45) is 1.64. The van der Waals surface area contributed by atoms with Crippen LogP contribution in [0.2, 0.25) is 0 Å². The van der Waals surface area contributed by atoms with Crippen molar-refractivity contribution in [1.29, 1.82) is 0 Å². The number of rotatable bonds is 2. The number of benzene rings is 1. The quantitative estimate of drug-likeness (QED) is 0.494. The number of ether oxygens (including phenoxy) is 1. The van der Waals surface area contributed by atoms with Gasteiger partial charge in [-0.05, 0) is 18.1 Å². The average molecular weight is 173 g/mol. The molecule has 1 aromatic carbocycles. The van der Waals surface area contributed by atoms with Gasteiger partial charge in [-0.3, -0.25) is 0 Å². The van der Waals surface area contributed by atoms with E-state index >= 15 is 0 Å². The number of methoxy groups -OCH3 is 1. The highest BCUT2D eigenvalue weighted by Gasteiger charge is 2.01. The molecule has 0 bridgehead atoms. The van der Waals surface area contributed by atoms with E-state index in [1.807, 2.05) is 25.1 Å². The van der Waals surface area contributed by atoms with E-state index in [9.17, 15) is 0 Å². The molecule has 2 heteroatoms. The summed E-state index contributed by atoms with van der Waals surface area (Å²) in [5, 5.41) is 0. The van der Waals surface area contributed by atoms with Crippen LogP contribution in [0.15, 0.2) is 30.5 Å². The molecule has 0 aliphatic carbocycles. The molecule has 0 N–H and O–H groups in total. The van der Waals surface area contributed by atoms with Gasteiger partial charge in [0.25, 0.3) is 0 Å². The number of para-hydroxylation sites is 1. The zero-order valence-corrected chi connectivity index (χ0v) is 7.74. The molecule has 1 rings (SSSR count). The van der Waals surface area contributed by atoms with Gasteiger partial charge in [0.1, 0.15) is 0 Å². The van der Waals surface area contributed by atoms with E-state index in [4.69, 9.17) is 11.3 Å². The number of nitrogens with zero attached hydrogens (tertiary/aromatic N) is 1. The van der Waals surface area contributed by atoms with Crippen LogP contribution in [0.1, 0.15) is 12.5 Å². The van der Waals surface area contributed by atoms with E-state index < -0.39 is 0 Å². The van der Waals surface area contributed by atoms with Crippen molar-refractivity contribution in [2.24, 2.45) is 0 Å². The first-order valence-corrected chi connectivity index (χ1v) is 3.96. The highest BCUT2D eigenvalue weighted by molar-refractivity contribution is 5.74. The lowest BCUT2D eigenvalue weighted by atomic mass is 10.1. The van der Waals surface area contributed by atoms with Crippen molar-refractivity contribution < 1.29 is 4.74 Å². The Morgan fingerprint density at radius 1 is 1.46 bits per heavy atom. The largest absolute Gasteiger partial charge is 0.504 e. The fourth-order valence-electron chi connectivity index (χ4n) is 1.14. The normalized spacial score (nSPS) is 10.7. The van der Waals surface area contributed by atoms with E-state index in [0.29, 0.717) is 5.69 Å². The predicted octanol–water partition coefficient (Wildman–Crippen LogP) is 3.24. The zero-order chi connectivity index (χ0) is 9.68. The van der Waals surface area contributed by atoms with E-state index in [1.165, 1.54) is 0 Å². The van der Waals surface area contributed by atoms with Crippen molar-refractivity contribution in [2.45, 2.75) is 6.92 Å². The van der Waals surface area contributed by atoms with Crippen molar-refractivity contribution in [1.82, 2.24) is 0 Å². The maximum absolute atomic E-state index is 6.97. The van der Waals surface area contributed by atoms with Crippen LogP contribution in [-0.2, 0) is 4.74 Å². The fourth-order valence-corrected chi connectivity index (χ4v) is 1.14. The van der Waals surface area contributed by atoms with Crippen LogP contribution in [0.5, 0.6) is 0 Å². The molecule has 1 aromatic rings. The SMILES string of the molecule is [C-]#[N+]c1ccccc1/C(C)=C\OC. The fraction of sp³-hybridized carbons (Fsp3) is 0.182. The van der Waals surface area contributed by atoms with Gasteiger partial charge in [-0.25, -0.2) is 4.85 Å². The first-order chi connectivity index (χ1) is 6.29. The molecule has 0 aliphatic rings. The molecule has 0 heterocycles. The molecule has 0 fully saturated rings. The summed E-state index contributed by atoms with van der Waals surface area (Å²) in [6.45, 7) is 8.89. The molecule has 0 radical (unpaired) electrons. The van der Waals surface area contributed by atoms with Crippen molar-refractivity contribution >= 4 is 11.3 Å². The van der Waals surface area contributed by atoms with Gasteiger partial charge in [0.05, 0.1) is 19.9 Å².